The minimum Gasteiger partial charge on any atom is -0.480 e. The molecule has 100 valence electrons. The molecule has 5 nitrogen and oxygen atoms in total. The van der Waals surface area contributed by atoms with Crippen LogP contribution in [0.25, 0.3) is 0 Å². The van der Waals surface area contributed by atoms with Crippen LogP contribution >= 0.6 is 0 Å². The number of carbonyl (C=O) groups is 2. The molecule has 1 aliphatic heterocycles. The largest absolute Gasteiger partial charge is 0.480 e. The van der Waals surface area contributed by atoms with Crippen molar-refractivity contribution in [2.45, 2.75) is 45.7 Å². The van der Waals surface area contributed by atoms with E-state index in [9.17, 15) is 14.7 Å². The van der Waals surface area contributed by atoms with Gasteiger partial charge >= 0.3 is 12.0 Å². The number of carboxylic acid groups (broad SMARTS) is 1. The molecule has 2 N–H and O–H groups in total. The van der Waals surface area contributed by atoms with E-state index in [4.69, 9.17) is 6.42 Å². The van der Waals surface area contributed by atoms with E-state index in [1.807, 2.05) is 13.8 Å². The van der Waals surface area contributed by atoms with Crippen molar-refractivity contribution in [1.82, 2.24) is 10.2 Å². The van der Waals surface area contributed by atoms with Crippen LogP contribution in [-0.4, -0.2) is 40.6 Å². The number of hydrogen-bond acceptors (Lipinski definition) is 2. The van der Waals surface area contributed by atoms with E-state index in [1.165, 1.54) is 4.90 Å². The molecule has 1 rings (SSSR count). The molecular formula is C13H20N2O3. The van der Waals surface area contributed by atoms with E-state index in [1.54, 1.807) is 6.92 Å². The first kappa shape index (κ1) is 14.4. The molecule has 18 heavy (non-hydrogen) atoms. The van der Waals surface area contributed by atoms with Crippen molar-refractivity contribution >= 4 is 12.0 Å². The molecule has 1 saturated heterocycles. The number of hydrogen-bond donors (Lipinski definition) is 2. The minimum atomic E-state index is -0.969. The van der Waals surface area contributed by atoms with Gasteiger partial charge in [-0.1, -0.05) is 19.8 Å². The molecule has 5 heteroatoms. The Balaban J connectivity index is 2.88. The molecule has 0 aromatic rings. The smallest absolute Gasteiger partial charge is 0.327 e. The Morgan fingerprint density at radius 3 is 2.67 bits per heavy atom. The average Bonchev–Trinajstić information content (AvgIpc) is 2.26. The van der Waals surface area contributed by atoms with E-state index in [0.717, 1.165) is 12.8 Å². The van der Waals surface area contributed by atoms with E-state index in [0.29, 0.717) is 6.54 Å². The van der Waals surface area contributed by atoms with E-state index < -0.39 is 29.5 Å². The van der Waals surface area contributed by atoms with Crippen LogP contribution in [0.3, 0.4) is 0 Å². The van der Waals surface area contributed by atoms with Crippen LogP contribution < -0.4 is 5.32 Å². The van der Waals surface area contributed by atoms with Gasteiger partial charge in [-0.3, -0.25) is 0 Å². The second kappa shape index (κ2) is 5.30. The van der Waals surface area contributed by atoms with E-state index in [-0.39, 0.29) is 0 Å². The summed E-state index contributed by atoms with van der Waals surface area (Å²) < 4.78 is 0. The van der Waals surface area contributed by atoms with Crippen LogP contribution in [0.15, 0.2) is 0 Å². The molecule has 0 aliphatic carbocycles. The number of urea groups is 1. The van der Waals surface area contributed by atoms with Gasteiger partial charge in [0.15, 0.2) is 0 Å². The second-order valence-electron chi connectivity index (χ2n) is 5.36. The summed E-state index contributed by atoms with van der Waals surface area (Å²) in [6, 6.07) is -1.62. The number of nitrogens with one attached hydrogen (secondary N) is 1. The maximum Gasteiger partial charge on any atom is 0.327 e. The lowest BCUT2D eigenvalue weighted by molar-refractivity contribution is -0.148. The molecule has 0 aromatic carbocycles. The van der Waals surface area contributed by atoms with Gasteiger partial charge in [0.2, 0.25) is 0 Å². The summed E-state index contributed by atoms with van der Waals surface area (Å²) in [5.41, 5.74) is -0.430. The highest BCUT2D eigenvalue weighted by molar-refractivity contribution is 5.84. The third-order valence-corrected chi connectivity index (χ3v) is 3.36. The predicted molar refractivity (Wildman–Crippen MR) is 68.0 cm³/mol. The lowest BCUT2D eigenvalue weighted by Gasteiger charge is -2.43. The standard InChI is InChI=1S/C13H20N2O3/c1-5-9(2)14-12(18)15-8-6-7-13(3,4)10(15)11(16)17/h1,9-10H,6-8H2,2-4H3,(H,14,18)(H,16,17). The quantitative estimate of drug-likeness (QED) is 0.728. The van der Waals surface area contributed by atoms with Crippen molar-refractivity contribution in [1.29, 1.82) is 0 Å². The summed E-state index contributed by atoms with van der Waals surface area (Å²) in [4.78, 5) is 24.8. The van der Waals surface area contributed by atoms with Gasteiger partial charge in [-0.05, 0) is 25.2 Å². The van der Waals surface area contributed by atoms with Crippen molar-refractivity contribution in [3.63, 3.8) is 0 Å². The summed E-state index contributed by atoms with van der Waals surface area (Å²) >= 11 is 0. The van der Waals surface area contributed by atoms with Crippen LogP contribution in [0, 0.1) is 17.8 Å². The Morgan fingerprint density at radius 2 is 2.17 bits per heavy atom. The predicted octanol–water partition coefficient (Wildman–Crippen LogP) is 1.29. The van der Waals surface area contributed by atoms with Crippen LogP contribution in [0.2, 0.25) is 0 Å². The summed E-state index contributed by atoms with van der Waals surface area (Å²) in [7, 11) is 0. The van der Waals surface area contributed by atoms with Crippen LogP contribution in [-0.2, 0) is 4.79 Å². The average molecular weight is 252 g/mol. The first-order chi connectivity index (χ1) is 8.29. The Bertz CT molecular complexity index is 384. The molecule has 0 spiro atoms. The van der Waals surface area contributed by atoms with Crippen molar-refractivity contribution in [2.24, 2.45) is 5.41 Å². The first-order valence-electron chi connectivity index (χ1n) is 6.05. The number of carbonyl (C=O) groups excluding carboxylic acids is 1. The normalized spacial score (nSPS) is 23.9. The Morgan fingerprint density at radius 1 is 1.56 bits per heavy atom. The zero-order chi connectivity index (χ0) is 13.9. The van der Waals surface area contributed by atoms with Gasteiger partial charge in [0, 0.05) is 6.54 Å². The molecule has 1 heterocycles. The fraction of sp³-hybridized carbons (Fsp3) is 0.692. The zero-order valence-corrected chi connectivity index (χ0v) is 11.1. The number of aliphatic carboxylic acids is 1. The number of carboxylic acids is 1. The van der Waals surface area contributed by atoms with Crippen LogP contribution in [0.1, 0.15) is 33.6 Å². The molecular weight excluding hydrogens is 232 g/mol. The van der Waals surface area contributed by atoms with Crippen LogP contribution in [0.5, 0.6) is 0 Å². The molecule has 2 unspecified atom stereocenters. The minimum absolute atomic E-state index is 0.402. The number of likely N-dealkylation sites (tertiary alicyclic amines) is 1. The van der Waals surface area contributed by atoms with Crippen molar-refractivity contribution in [3.8, 4) is 12.3 Å². The van der Waals surface area contributed by atoms with Gasteiger partial charge in [0.05, 0.1) is 6.04 Å². The lowest BCUT2D eigenvalue weighted by atomic mass is 9.76. The van der Waals surface area contributed by atoms with E-state index in [2.05, 4.69) is 11.2 Å². The number of rotatable bonds is 2. The summed E-state index contributed by atoms with van der Waals surface area (Å²) in [6.45, 7) is 5.87. The zero-order valence-electron chi connectivity index (χ0n) is 11.1. The number of terminal acetylenes is 1. The summed E-state index contributed by atoms with van der Waals surface area (Å²) in [5, 5.41) is 11.9. The third kappa shape index (κ3) is 2.95. The molecule has 0 bridgehead atoms. The first-order valence-corrected chi connectivity index (χ1v) is 6.05. The molecule has 0 aromatic heterocycles. The lowest BCUT2D eigenvalue weighted by Crippen LogP contribution is -2.59. The Hall–Kier alpha value is -1.70. The molecule has 1 fully saturated rings. The maximum atomic E-state index is 12.0. The topological polar surface area (TPSA) is 69.6 Å². The van der Waals surface area contributed by atoms with Gasteiger partial charge in [-0.25, -0.2) is 9.59 Å². The highest BCUT2D eigenvalue weighted by Crippen LogP contribution is 2.35. The highest BCUT2D eigenvalue weighted by atomic mass is 16.4. The van der Waals surface area contributed by atoms with Crippen molar-refractivity contribution < 1.29 is 14.7 Å². The van der Waals surface area contributed by atoms with Gasteiger partial charge in [-0.2, -0.15) is 0 Å². The van der Waals surface area contributed by atoms with Gasteiger partial charge in [0.25, 0.3) is 0 Å². The fourth-order valence-corrected chi connectivity index (χ4v) is 2.39. The fourth-order valence-electron chi connectivity index (χ4n) is 2.39. The monoisotopic (exact) mass is 252 g/mol. The molecule has 2 atom stereocenters. The van der Waals surface area contributed by atoms with Gasteiger partial charge < -0.3 is 15.3 Å². The second-order valence-corrected chi connectivity index (χ2v) is 5.36. The Kier molecular flexibility index (Phi) is 4.23. The highest BCUT2D eigenvalue weighted by Gasteiger charge is 2.44. The van der Waals surface area contributed by atoms with E-state index >= 15 is 0 Å². The van der Waals surface area contributed by atoms with Gasteiger partial charge in [-0.15, -0.1) is 6.42 Å². The maximum absolute atomic E-state index is 12.0. The number of nitrogens with zero attached hydrogens (tertiary/aromatic N) is 1. The van der Waals surface area contributed by atoms with Crippen LogP contribution in [0.4, 0.5) is 4.79 Å². The Labute approximate surface area is 108 Å². The third-order valence-electron chi connectivity index (χ3n) is 3.36. The molecule has 2 amide bonds. The number of amides is 2. The molecule has 0 radical (unpaired) electrons. The van der Waals surface area contributed by atoms with Crippen molar-refractivity contribution in [2.75, 3.05) is 6.54 Å². The molecule has 0 saturated carbocycles. The van der Waals surface area contributed by atoms with Gasteiger partial charge in [0.1, 0.15) is 6.04 Å². The number of piperidine rings is 1. The summed E-state index contributed by atoms with van der Waals surface area (Å²) in [6.07, 6.45) is 6.79. The summed E-state index contributed by atoms with van der Waals surface area (Å²) in [5.74, 6) is 1.42. The molecule has 1 aliphatic rings. The van der Waals surface area contributed by atoms with Crippen molar-refractivity contribution in [3.05, 3.63) is 0 Å². The SMILES string of the molecule is C#CC(C)NC(=O)N1CCCC(C)(C)C1C(=O)O.